The van der Waals surface area contributed by atoms with Crippen LogP contribution in [0, 0.1) is 6.92 Å². The first-order chi connectivity index (χ1) is 12.5. The molecule has 1 N–H and O–H groups in total. The van der Waals surface area contributed by atoms with E-state index in [1.807, 2.05) is 42.2 Å². The van der Waals surface area contributed by atoms with Gasteiger partial charge in [-0.1, -0.05) is 17.7 Å². The van der Waals surface area contributed by atoms with Crippen molar-refractivity contribution in [2.45, 2.75) is 25.8 Å². The molecule has 1 fully saturated rings. The number of hydrogen-bond acceptors (Lipinski definition) is 3. The minimum Gasteiger partial charge on any atom is -0.497 e. The first kappa shape index (κ1) is 18.4. The largest absolute Gasteiger partial charge is 0.497 e. The first-order valence-electron chi connectivity index (χ1n) is 8.59. The molecule has 1 aliphatic rings. The molecule has 2 aromatic carbocycles. The molecular weight excluding hydrogens is 352 g/mol. The maximum Gasteiger partial charge on any atom is 0.322 e. The number of carbonyl (C=O) groups excluding carboxylic acids is 1. The molecule has 0 aromatic heterocycles. The number of methoxy groups -OCH3 is 2. The fourth-order valence-corrected chi connectivity index (χ4v) is 3.48. The summed E-state index contributed by atoms with van der Waals surface area (Å²) in [4.78, 5) is 14.7. The number of ether oxygens (including phenoxy) is 2. The molecule has 2 amide bonds. The van der Waals surface area contributed by atoms with Crippen molar-refractivity contribution in [3.8, 4) is 11.5 Å². The Bertz CT molecular complexity index is 810. The number of hydrogen-bond donors (Lipinski definition) is 1. The molecule has 1 aliphatic heterocycles. The van der Waals surface area contributed by atoms with Crippen LogP contribution in [0.15, 0.2) is 36.4 Å². The minimum atomic E-state index is -0.141. The zero-order valence-electron chi connectivity index (χ0n) is 15.2. The SMILES string of the molecule is COc1ccc(OC)c(C2CCCN2C(=O)Nc2ccc(C)c(Cl)c2)c1. The third-order valence-corrected chi connectivity index (χ3v) is 5.14. The number of halogens is 1. The van der Waals surface area contributed by atoms with Gasteiger partial charge in [0.15, 0.2) is 0 Å². The van der Waals surface area contributed by atoms with Crippen LogP contribution in [-0.4, -0.2) is 31.7 Å². The van der Waals surface area contributed by atoms with Crippen LogP contribution < -0.4 is 14.8 Å². The van der Waals surface area contributed by atoms with Gasteiger partial charge in [0.1, 0.15) is 11.5 Å². The molecule has 0 spiro atoms. The second kappa shape index (κ2) is 7.87. The Balaban J connectivity index is 1.83. The fraction of sp³-hybridized carbons (Fsp3) is 0.350. The second-order valence-electron chi connectivity index (χ2n) is 6.35. The van der Waals surface area contributed by atoms with Crippen LogP contribution >= 0.6 is 11.6 Å². The lowest BCUT2D eigenvalue weighted by atomic mass is 10.0. The van der Waals surface area contributed by atoms with Gasteiger partial charge in [0.05, 0.1) is 20.3 Å². The number of amides is 2. The molecule has 138 valence electrons. The molecule has 0 radical (unpaired) electrons. The summed E-state index contributed by atoms with van der Waals surface area (Å²) in [6.45, 7) is 2.62. The lowest BCUT2D eigenvalue weighted by Gasteiger charge is -2.27. The van der Waals surface area contributed by atoms with Crippen molar-refractivity contribution in [3.05, 3.63) is 52.5 Å². The monoisotopic (exact) mass is 374 g/mol. The molecule has 1 unspecified atom stereocenters. The smallest absolute Gasteiger partial charge is 0.322 e. The predicted molar refractivity (Wildman–Crippen MR) is 103 cm³/mol. The average Bonchev–Trinajstić information content (AvgIpc) is 3.14. The molecule has 0 aliphatic carbocycles. The third kappa shape index (κ3) is 3.73. The summed E-state index contributed by atoms with van der Waals surface area (Å²) in [5.41, 5.74) is 2.63. The van der Waals surface area contributed by atoms with E-state index in [-0.39, 0.29) is 12.1 Å². The van der Waals surface area contributed by atoms with Crippen molar-refractivity contribution in [3.63, 3.8) is 0 Å². The van der Waals surface area contributed by atoms with E-state index in [4.69, 9.17) is 21.1 Å². The highest BCUT2D eigenvalue weighted by Crippen LogP contribution is 2.39. The van der Waals surface area contributed by atoms with Gasteiger partial charge >= 0.3 is 6.03 Å². The van der Waals surface area contributed by atoms with E-state index in [2.05, 4.69) is 5.32 Å². The lowest BCUT2D eigenvalue weighted by Crippen LogP contribution is -2.34. The van der Waals surface area contributed by atoms with Crippen LogP contribution in [-0.2, 0) is 0 Å². The maximum absolute atomic E-state index is 12.8. The topological polar surface area (TPSA) is 50.8 Å². The molecule has 1 saturated heterocycles. The van der Waals surface area contributed by atoms with Crippen molar-refractivity contribution in [1.82, 2.24) is 4.90 Å². The van der Waals surface area contributed by atoms with Crippen LogP contribution in [0.25, 0.3) is 0 Å². The highest BCUT2D eigenvalue weighted by molar-refractivity contribution is 6.31. The van der Waals surface area contributed by atoms with Gasteiger partial charge in [-0.15, -0.1) is 0 Å². The Kier molecular flexibility index (Phi) is 5.57. The number of likely N-dealkylation sites (tertiary alicyclic amines) is 1. The van der Waals surface area contributed by atoms with Crippen LogP contribution in [0.4, 0.5) is 10.5 Å². The lowest BCUT2D eigenvalue weighted by molar-refractivity contribution is 0.206. The van der Waals surface area contributed by atoms with Gasteiger partial charge in [-0.05, 0) is 55.7 Å². The van der Waals surface area contributed by atoms with Crippen molar-refractivity contribution < 1.29 is 14.3 Å². The Hall–Kier alpha value is -2.40. The van der Waals surface area contributed by atoms with E-state index >= 15 is 0 Å². The van der Waals surface area contributed by atoms with Crippen LogP contribution in [0.5, 0.6) is 11.5 Å². The van der Waals surface area contributed by atoms with Gasteiger partial charge in [-0.25, -0.2) is 4.79 Å². The van der Waals surface area contributed by atoms with E-state index in [0.717, 1.165) is 35.5 Å². The number of nitrogens with one attached hydrogen (secondary N) is 1. The van der Waals surface area contributed by atoms with E-state index in [1.54, 1.807) is 20.3 Å². The van der Waals surface area contributed by atoms with Crippen LogP contribution in [0.1, 0.15) is 30.0 Å². The molecule has 5 nitrogen and oxygen atoms in total. The molecular formula is C20H23ClN2O3. The number of rotatable bonds is 4. The molecule has 3 rings (SSSR count). The molecule has 6 heteroatoms. The Morgan fingerprint density at radius 2 is 2.00 bits per heavy atom. The highest BCUT2D eigenvalue weighted by Gasteiger charge is 2.32. The van der Waals surface area contributed by atoms with Gasteiger partial charge in [0.25, 0.3) is 0 Å². The minimum absolute atomic E-state index is 0.0547. The molecule has 0 bridgehead atoms. The Morgan fingerprint density at radius 1 is 1.19 bits per heavy atom. The Labute approximate surface area is 158 Å². The molecule has 0 saturated carbocycles. The number of carbonyl (C=O) groups is 1. The van der Waals surface area contributed by atoms with Crippen LogP contribution in [0.3, 0.4) is 0 Å². The van der Waals surface area contributed by atoms with Gasteiger partial charge in [-0.2, -0.15) is 0 Å². The van der Waals surface area contributed by atoms with Gasteiger partial charge < -0.3 is 19.7 Å². The quantitative estimate of drug-likeness (QED) is 0.816. The maximum atomic E-state index is 12.8. The third-order valence-electron chi connectivity index (χ3n) is 4.73. The summed E-state index contributed by atoms with van der Waals surface area (Å²) in [6.07, 6.45) is 1.82. The summed E-state index contributed by atoms with van der Waals surface area (Å²) in [6, 6.07) is 11.0. The summed E-state index contributed by atoms with van der Waals surface area (Å²) in [5, 5.41) is 3.58. The van der Waals surface area contributed by atoms with Crippen LogP contribution in [0.2, 0.25) is 5.02 Å². The summed E-state index contributed by atoms with van der Waals surface area (Å²) < 4.78 is 10.8. The summed E-state index contributed by atoms with van der Waals surface area (Å²) in [5.74, 6) is 1.51. The first-order valence-corrected chi connectivity index (χ1v) is 8.97. The standard InChI is InChI=1S/C20H23ClN2O3/c1-13-6-7-14(11-17(13)21)22-20(24)23-10-4-5-18(23)16-12-15(25-2)8-9-19(16)26-3/h6-9,11-12,18H,4-5,10H2,1-3H3,(H,22,24). The average molecular weight is 375 g/mol. The molecule has 1 heterocycles. The van der Waals surface area contributed by atoms with E-state index in [9.17, 15) is 4.79 Å². The normalized spacial score (nSPS) is 16.5. The fourth-order valence-electron chi connectivity index (χ4n) is 3.30. The number of anilines is 1. The summed E-state index contributed by atoms with van der Waals surface area (Å²) in [7, 11) is 3.27. The highest BCUT2D eigenvalue weighted by atomic mass is 35.5. The van der Waals surface area contributed by atoms with Gasteiger partial charge in [-0.3, -0.25) is 0 Å². The van der Waals surface area contributed by atoms with Crippen molar-refractivity contribution in [2.24, 2.45) is 0 Å². The van der Waals surface area contributed by atoms with Gasteiger partial charge in [0.2, 0.25) is 0 Å². The zero-order chi connectivity index (χ0) is 18.7. The molecule has 26 heavy (non-hydrogen) atoms. The summed E-state index contributed by atoms with van der Waals surface area (Å²) >= 11 is 6.16. The van der Waals surface area contributed by atoms with Crippen molar-refractivity contribution >= 4 is 23.3 Å². The van der Waals surface area contributed by atoms with Crippen molar-refractivity contribution in [1.29, 1.82) is 0 Å². The molecule has 1 atom stereocenters. The predicted octanol–water partition coefficient (Wildman–Crippen LogP) is 5.03. The zero-order valence-corrected chi connectivity index (χ0v) is 16.0. The van der Waals surface area contributed by atoms with E-state index < -0.39 is 0 Å². The number of nitrogens with zero attached hydrogens (tertiary/aromatic N) is 1. The van der Waals surface area contributed by atoms with Crippen molar-refractivity contribution in [2.75, 3.05) is 26.1 Å². The number of urea groups is 1. The second-order valence-corrected chi connectivity index (χ2v) is 6.76. The Morgan fingerprint density at radius 3 is 2.69 bits per heavy atom. The van der Waals surface area contributed by atoms with E-state index in [1.165, 1.54) is 0 Å². The van der Waals surface area contributed by atoms with E-state index in [0.29, 0.717) is 17.3 Å². The van der Waals surface area contributed by atoms with Gasteiger partial charge in [0, 0.05) is 22.8 Å². The number of benzene rings is 2. The number of aryl methyl sites for hydroxylation is 1. The molecule has 2 aromatic rings.